The average molecular weight is 287 g/mol. The van der Waals surface area contributed by atoms with Crippen molar-refractivity contribution in [3.05, 3.63) is 33.9 Å². The number of hydrogen-bond acceptors (Lipinski definition) is 5. The Balaban J connectivity index is 2.55. The highest BCUT2D eigenvalue weighted by molar-refractivity contribution is 5.51. The summed E-state index contributed by atoms with van der Waals surface area (Å²) in [6, 6.07) is 8.21. The Morgan fingerprint density at radius 2 is 2.05 bits per heavy atom. The van der Waals surface area contributed by atoms with Crippen molar-refractivity contribution in [3.8, 4) is 17.9 Å². The van der Waals surface area contributed by atoms with E-state index in [2.05, 4.69) is 6.07 Å². The number of benzene rings is 1. The number of ether oxygens (including phenoxy) is 1. The van der Waals surface area contributed by atoms with Crippen molar-refractivity contribution in [2.75, 3.05) is 6.61 Å². The molecule has 1 rings (SSSR count). The number of rotatable bonds is 7. The van der Waals surface area contributed by atoms with Crippen LogP contribution in [-0.2, 0) is 0 Å². The Morgan fingerprint density at radius 3 is 2.62 bits per heavy atom. The number of nitro benzene ring substituents is 1. The van der Waals surface area contributed by atoms with E-state index in [9.17, 15) is 10.1 Å². The van der Waals surface area contributed by atoms with E-state index in [0.717, 1.165) is 12.8 Å². The molecular weight excluding hydrogens is 270 g/mol. The van der Waals surface area contributed by atoms with Crippen molar-refractivity contribution in [1.29, 1.82) is 10.5 Å². The first-order chi connectivity index (χ1) is 9.89. The van der Waals surface area contributed by atoms with Gasteiger partial charge in [-0.25, -0.2) is 0 Å². The van der Waals surface area contributed by atoms with Gasteiger partial charge in [0.2, 0.25) is 0 Å². The third-order valence-electron chi connectivity index (χ3n) is 3.04. The van der Waals surface area contributed by atoms with Crippen molar-refractivity contribution < 1.29 is 9.66 Å². The van der Waals surface area contributed by atoms with Crippen molar-refractivity contribution in [2.45, 2.75) is 33.1 Å². The number of nitro groups is 1. The van der Waals surface area contributed by atoms with Crippen molar-refractivity contribution in [2.24, 2.45) is 5.41 Å². The minimum absolute atomic E-state index is 0.165. The number of nitriles is 2. The predicted molar refractivity (Wildman–Crippen MR) is 76.6 cm³/mol. The first-order valence-corrected chi connectivity index (χ1v) is 6.62. The van der Waals surface area contributed by atoms with Crippen molar-refractivity contribution in [3.63, 3.8) is 0 Å². The Bertz CT molecular complexity index is 597. The molecule has 0 spiro atoms. The molecule has 110 valence electrons. The molecule has 0 saturated carbocycles. The fourth-order valence-electron chi connectivity index (χ4n) is 1.76. The van der Waals surface area contributed by atoms with Gasteiger partial charge in [0.1, 0.15) is 0 Å². The van der Waals surface area contributed by atoms with Gasteiger partial charge in [-0.3, -0.25) is 10.1 Å². The van der Waals surface area contributed by atoms with E-state index >= 15 is 0 Å². The van der Waals surface area contributed by atoms with Gasteiger partial charge in [-0.1, -0.05) is 0 Å². The summed E-state index contributed by atoms with van der Waals surface area (Å²) < 4.78 is 5.41. The van der Waals surface area contributed by atoms with Gasteiger partial charge >= 0.3 is 5.69 Å². The topological polar surface area (TPSA) is 99.9 Å². The van der Waals surface area contributed by atoms with E-state index < -0.39 is 4.92 Å². The summed E-state index contributed by atoms with van der Waals surface area (Å²) >= 11 is 0. The number of unbranched alkanes of at least 4 members (excludes halogenated alkanes) is 1. The van der Waals surface area contributed by atoms with Crippen LogP contribution in [0.15, 0.2) is 18.2 Å². The summed E-state index contributed by atoms with van der Waals surface area (Å²) in [6.07, 6.45) is 2.27. The Hall–Kier alpha value is -2.60. The quantitative estimate of drug-likeness (QED) is 0.433. The molecule has 0 aliphatic rings. The predicted octanol–water partition coefficient (Wildman–Crippen LogP) is 3.57. The van der Waals surface area contributed by atoms with Gasteiger partial charge in [-0.2, -0.15) is 10.5 Å². The molecule has 0 aliphatic heterocycles. The molecule has 0 unspecified atom stereocenters. The molecule has 1 aromatic carbocycles. The Labute approximate surface area is 123 Å². The second kappa shape index (κ2) is 7.25. The molecule has 21 heavy (non-hydrogen) atoms. The molecule has 0 saturated heterocycles. The standard InChI is InChI=1S/C15H17N3O3/c1-15(2,11-17)7-3-4-8-21-14-6-5-12(10-16)9-13(14)18(19)20/h5-6,9H,3-4,7-8H2,1-2H3. The van der Waals surface area contributed by atoms with E-state index in [1.165, 1.54) is 18.2 Å². The van der Waals surface area contributed by atoms with Gasteiger partial charge in [0.25, 0.3) is 0 Å². The largest absolute Gasteiger partial charge is 0.487 e. The maximum Gasteiger partial charge on any atom is 0.312 e. The Morgan fingerprint density at radius 1 is 1.33 bits per heavy atom. The van der Waals surface area contributed by atoms with E-state index in [-0.39, 0.29) is 22.4 Å². The summed E-state index contributed by atoms with van der Waals surface area (Å²) in [5.74, 6) is 0.165. The zero-order valence-corrected chi connectivity index (χ0v) is 12.1. The van der Waals surface area contributed by atoms with Crippen LogP contribution in [-0.4, -0.2) is 11.5 Å². The highest BCUT2D eigenvalue weighted by Gasteiger charge is 2.17. The van der Waals surface area contributed by atoms with Crippen LogP contribution >= 0.6 is 0 Å². The zero-order chi connectivity index (χ0) is 15.9. The SMILES string of the molecule is CC(C)(C#N)CCCCOc1ccc(C#N)cc1[N+](=O)[O-]. The van der Waals surface area contributed by atoms with Crippen molar-refractivity contribution in [1.82, 2.24) is 0 Å². The van der Waals surface area contributed by atoms with Crippen LogP contribution in [0, 0.1) is 38.2 Å². The van der Waals surface area contributed by atoms with E-state index in [1.807, 2.05) is 19.9 Å². The molecule has 0 aromatic heterocycles. The molecule has 0 N–H and O–H groups in total. The third-order valence-corrected chi connectivity index (χ3v) is 3.04. The summed E-state index contributed by atoms with van der Waals surface area (Å²) in [6.45, 7) is 4.09. The number of hydrogen-bond donors (Lipinski definition) is 0. The molecule has 0 amide bonds. The van der Waals surface area contributed by atoms with Crippen LogP contribution < -0.4 is 4.74 Å². The molecule has 0 radical (unpaired) electrons. The van der Waals surface area contributed by atoms with Crippen LogP contribution in [0.1, 0.15) is 38.7 Å². The lowest BCUT2D eigenvalue weighted by Crippen LogP contribution is -2.08. The highest BCUT2D eigenvalue weighted by atomic mass is 16.6. The Kier molecular flexibility index (Phi) is 5.68. The van der Waals surface area contributed by atoms with Crippen LogP contribution in [0.4, 0.5) is 5.69 Å². The first kappa shape index (κ1) is 16.5. The molecule has 1 aromatic rings. The summed E-state index contributed by atoms with van der Waals surface area (Å²) in [7, 11) is 0. The minimum atomic E-state index is -0.561. The molecule has 6 heteroatoms. The lowest BCUT2D eigenvalue weighted by atomic mass is 9.89. The van der Waals surface area contributed by atoms with Crippen LogP contribution in [0.3, 0.4) is 0 Å². The van der Waals surface area contributed by atoms with Gasteiger partial charge in [0.15, 0.2) is 5.75 Å². The average Bonchev–Trinajstić information content (AvgIpc) is 2.46. The maximum absolute atomic E-state index is 10.9. The molecule has 0 atom stereocenters. The lowest BCUT2D eigenvalue weighted by Gasteiger charge is -2.14. The van der Waals surface area contributed by atoms with Crippen molar-refractivity contribution >= 4 is 5.69 Å². The summed E-state index contributed by atoms with van der Waals surface area (Å²) in [5.41, 5.74) is -0.336. The van der Waals surface area contributed by atoms with E-state index in [0.29, 0.717) is 13.0 Å². The van der Waals surface area contributed by atoms with Gasteiger partial charge < -0.3 is 4.74 Å². The van der Waals surface area contributed by atoms with Gasteiger partial charge in [-0.05, 0) is 45.2 Å². The molecule has 0 fully saturated rings. The highest BCUT2D eigenvalue weighted by Crippen LogP contribution is 2.28. The first-order valence-electron chi connectivity index (χ1n) is 6.62. The second-order valence-corrected chi connectivity index (χ2v) is 5.35. The van der Waals surface area contributed by atoms with Gasteiger partial charge in [0.05, 0.1) is 34.6 Å². The molecule has 6 nitrogen and oxygen atoms in total. The monoisotopic (exact) mass is 287 g/mol. The summed E-state index contributed by atoms with van der Waals surface area (Å²) in [4.78, 5) is 10.4. The van der Waals surface area contributed by atoms with E-state index in [1.54, 1.807) is 0 Å². The normalized spacial score (nSPS) is 10.5. The van der Waals surface area contributed by atoms with Crippen LogP contribution in [0.2, 0.25) is 0 Å². The molecule has 0 bridgehead atoms. The second-order valence-electron chi connectivity index (χ2n) is 5.35. The molecular formula is C15H17N3O3. The third kappa shape index (κ3) is 5.12. The minimum Gasteiger partial charge on any atom is -0.487 e. The van der Waals surface area contributed by atoms with E-state index in [4.69, 9.17) is 15.3 Å². The van der Waals surface area contributed by atoms with Crippen LogP contribution in [0.25, 0.3) is 0 Å². The van der Waals surface area contributed by atoms with Gasteiger partial charge in [0, 0.05) is 6.07 Å². The van der Waals surface area contributed by atoms with Crippen LogP contribution in [0.5, 0.6) is 5.75 Å². The fraction of sp³-hybridized carbons (Fsp3) is 0.467. The summed E-state index contributed by atoms with van der Waals surface area (Å²) in [5, 5.41) is 28.6. The fourth-order valence-corrected chi connectivity index (χ4v) is 1.76. The molecule has 0 aliphatic carbocycles. The smallest absolute Gasteiger partial charge is 0.312 e. The lowest BCUT2D eigenvalue weighted by molar-refractivity contribution is -0.385. The van der Waals surface area contributed by atoms with Gasteiger partial charge in [-0.15, -0.1) is 0 Å². The molecule has 0 heterocycles. The maximum atomic E-state index is 10.9. The number of nitrogens with zero attached hydrogens (tertiary/aromatic N) is 3. The zero-order valence-electron chi connectivity index (χ0n) is 12.1.